The molecule has 0 aliphatic rings. The second-order valence-electron chi connectivity index (χ2n) is 2.41. The van der Waals surface area contributed by atoms with Crippen molar-refractivity contribution < 1.29 is 4.74 Å². The van der Waals surface area contributed by atoms with Gasteiger partial charge in [-0.1, -0.05) is 24.3 Å². The van der Waals surface area contributed by atoms with E-state index in [1.165, 1.54) is 0 Å². The van der Waals surface area contributed by atoms with E-state index in [0.29, 0.717) is 6.54 Å². The number of halogens is 1. The number of ether oxygens (including phenoxy) is 1. The number of methoxy groups -OCH3 is 1. The normalized spacial score (nSPS) is 9.69. The van der Waals surface area contributed by atoms with Gasteiger partial charge in [-0.2, -0.15) is 0 Å². The molecule has 0 bridgehead atoms. The summed E-state index contributed by atoms with van der Waals surface area (Å²) in [6.45, 7) is 0.575. The molecule has 0 fully saturated rings. The Balaban J connectivity index is 0.00000144. The monoisotopic (exact) mass is 199 g/mol. The molecule has 0 atom stereocenters. The molecule has 0 aliphatic carbocycles. The van der Waals surface area contributed by atoms with Crippen LogP contribution in [0.1, 0.15) is 5.56 Å². The van der Waals surface area contributed by atoms with Crippen molar-refractivity contribution >= 4 is 18.5 Å². The van der Waals surface area contributed by atoms with Crippen molar-refractivity contribution in [2.45, 2.75) is 0 Å². The summed E-state index contributed by atoms with van der Waals surface area (Å²) in [5.74, 6) is 0.875. The first-order valence-corrected chi connectivity index (χ1v) is 3.87. The summed E-state index contributed by atoms with van der Waals surface area (Å²) in [6, 6.07) is 7.84. The van der Waals surface area contributed by atoms with Gasteiger partial charge in [-0.15, -0.1) is 12.4 Å². The van der Waals surface area contributed by atoms with Crippen LogP contribution in [0.3, 0.4) is 0 Å². The Morgan fingerprint density at radius 2 is 1.92 bits per heavy atom. The molecule has 2 nitrogen and oxygen atoms in total. The van der Waals surface area contributed by atoms with Gasteiger partial charge in [-0.25, -0.2) is 0 Å². The fourth-order valence-corrected chi connectivity index (χ4v) is 0.919. The SMILES string of the molecule is COc1ccc(C=CCN)cc1.Cl. The van der Waals surface area contributed by atoms with Gasteiger partial charge < -0.3 is 10.5 Å². The van der Waals surface area contributed by atoms with Crippen LogP contribution in [0.4, 0.5) is 0 Å². The van der Waals surface area contributed by atoms with Crippen LogP contribution in [-0.2, 0) is 0 Å². The fraction of sp³-hybridized carbons (Fsp3) is 0.200. The molecule has 0 radical (unpaired) electrons. The second kappa shape index (κ2) is 6.52. The second-order valence-corrected chi connectivity index (χ2v) is 2.41. The maximum atomic E-state index is 5.32. The van der Waals surface area contributed by atoms with Crippen LogP contribution in [0.25, 0.3) is 6.08 Å². The van der Waals surface area contributed by atoms with Crippen LogP contribution < -0.4 is 10.5 Å². The standard InChI is InChI=1S/C10H13NO.ClH/c1-12-10-6-4-9(5-7-10)3-2-8-11;/h2-7H,8,11H2,1H3;1H. The molecule has 72 valence electrons. The van der Waals surface area contributed by atoms with Gasteiger partial charge in [-0.3, -0.25) is 0 Å². The summed E-state index contributed by atoms with van der Waals surface area (Å²) in [4.78, 5) is 0. The van der Waals surface area contributed by atoms with E-state index >= 15 is 0 Å². The highest BCUT2D eigenvalue weighted by Crippen LogP contribution is 2.11. The zero-order chi connectivity index (χ0) is 8.81. The maximum absolute atomic E-state index is 5.32. The Hall–Kier alpha value is -0.990. The van der Waals surface area contributed by atoms with E-state index in [0.717, 1.165) is 11.3 Å². The predicted molar refractivity (Wildman–Crippen MR) is 58.3 cm³/mol. The molecule has 1 aromatic rings. The third-order valence-corrected chi connectivity index (χ3v) is 1.56. The smallest absolute Gasteiger partial charge is 0.118 e. The van der Waals surface area contributed by atoms with E-state index in [1.807, 2.05) is 36.4 Å². The highest BCUT2D eigenvalue weighted by atomic mass is 35.5. The molecule has 13 heavy (non-hydrogen) atoms. The highest BCUT2D eigenvalue weighted by Gasteiger charge is 1.88. The molecule has 0 saturated carbocycles. The number of nitrogens with two attached hydrogens (primary N) is 1. The topological polar surface area (TPSA) is 35.2 Å². The van der Waals surface area contributed by atoms with Crippen molar-refractivity contribution in [3.05, 3.63) is 35.9 Å². The average Bonchev–Trinajstić information content (AvgIpc) is 2.15. The first-order valence-electron chi connectivity index (χ1n) is 3.87. The van der Waals surface area contributed by atoms with Gasteiger partial charge in [0.2, 0.25) is 0 Å². The van der Waals surface area contributed by atoms with Crippen LogP contribution in [0.15, 0.2) is 30.3 Å². The zero-order valence-corrected chi connectivity index (χ0v) is 8.38. The summed E-state index contributed by atoms with van der Waals surface area (Å²) in [6.07, 6.45) is 3.90. The minimum atomic E-state index is 0. The van der Waals surface area contributed by atoms with Crippen molar-refractivity contribution in [2.24, 2.45) is 5.73 Å². The Morgan fingerprint density at radius 3 is 2.38 bits per heavy atom. The molecule has 1 rings (SSSR count). The van der Waals surface area contributed by atoms with E-state index in [1.54, 1.807) is 7.11 Å². The summed E-state index contributed by atoms with van der Waals surface area (Å²) in [5.41, 5.74) is 6.46. The number of hydrogen-bond donors (Lipinski definition) is 1. The predicted octanol–water partition coefficient (Wildman–Crippen LogP) is 2.09. The summed E-state index contributed by atoms with van der Waals surface area (Å²) >= 11 is 0. The van der Waals surface area contributed by atoms with Crippen molar-refractivity contribution in [3.8, 4) is 5.75 Å². The molecule has 0 unspecified atom stereocenters. The van der Waals surface area contributed by atoms with E-state index in [9.17, 15) is 0 Å². The molecule has 3 heteroatoms. The minimum absolute atomic E-state index is 0. The van der Waals surface area contributed by atoms with Crippen molar-refractivity contribution in [2.75, 3.05) is 13.7 Å². The largest absolute Gasteiger partial charge is 0.497 e. The minimum Gasteiger partial charge on any atom is -0.497 e. The van der Waals surface area contributed by atoms with Crippen LogP contribution >= 0.6 is 12.4 Å². The van der Waals surface area contributed by atoms with Crippen LogP contribution in [0.2, 0.25) is 0 Å². The highest BCUT2D eigenvalue weighted by molar-refractivity contribution is 5.85. The summed E-state index contributed by atoms with van der Waals surface area (Å²) < 4.78 is 5.02. The molecule has 0 aromatic heterocycles. The van der Waals surface area contributed by atoms with Crippen LogP contribution in [0.5, 0.6) is 5.75 Å². The van der Waals surface area contributed by atoms with E-state index < -0.39 is 0 Å². The first-order chi connectivity index (χ1) is 5.86. The van der Waals surface area contributed by atoms with Gasteiger partial charge in [0.25, 0.3) is 0 Å². The Labute approximate surface area is 84.8 Å². The van der Waals surface area contributed by atoms with Crippen LogP contribution in [-0.4, -0.2) is 13.7 Å². The van der Waals surface area contributed by atoms with E-state index in [4.69, 9.17) is 10.5 Å². The molecule has 2 N–H and O–H groups in total. The fourth-order valence-electron chi connectivity index (χ4n) is 0.919. The lowest BCUT2D eigenvalue weighted by Crippen LogP contribution is -1.91. The van der Waals surface area contributed by atoms with Gasteiger partial charge in [-0.05, 0) is 17.7 Å². The molecule has 0 aliphatic heterocycles. The lowest BCUT2D eigenvalue weighted by Gasteiger charge is -1.98. The molecule has 0 heterocycles. The lowest BCUT2D eigenvalue weighted by molar-refractivity contribution is 0.415. The Morgan fingerprint density at radius 1 is 1.31 bits per heavy atom. The van der Waals surface area contributed by atoms with Crippen molar-refractivity contribution in [1.82, 2.24) is 0 Å². The third-order valence-electron chi connectivity index (χ3n) is 1.56. The van der Waals surface area contributed by atoms with Crippen molar-refractivity contribution in [1.29, 1.82) is 0 Å². The Kier molecular flexibility index (Phi) is 6.02. The van der Waals surface area contributed by atoms with Gasteiger partial charge in [0.1, 0.15) is 5.75 Å². The lowest BCUT2D eigenvalue weighted by atomic mass is 10.2. The van der Waals surface area contributed by atoms with Crippen molar-refractivity contribution in [3.63, 3.8) is 0 Å². The van der Waals surface area contributed by atoms with Gasteiger partial charge in [0.05, 0.1) is 7.11 Å². The molecule has 1 aromatic carbocycles. The summed E-state index contributed by atoms with van der Waals surface area (Å²) in [7, 11) is 1.66. The van der Waals surface area contributed by atoms with E-state index in [-0.39, 0.29) is 12.4 Å². The van der Waals surface area contributed by atoms with Gasteiger partial charge in [0.15, 0.2) is 0 Å². The average molecular weight is 200 g/mol. The molecule has 0 saturated heterocycles. The number of benzene rings is 1. The van der Waals surface area contributed by atoms with Crippen LogP contribution in [0, 0.1) is 0 Å². The van der Waals surface area contributed by atoms with Gasteiger partial charge >= 0.3 is 0 Å². The Bertz CT molecular complexity index is 256. The van der Waals surface area contributed by atoms with Gasteiger partial charge in [0, 0.05) is 6.54 Å². The number of rotatable bonds is 3. The zero-order valence-electron chi connectivity index (χ0n) is 7.57. The van der Waals surface area contributed by atoms with E-state index in [2.05, 4.69) is 0 Å². The number of hydrogen-bond acceptors (Lipinski definition) is 2. The first kappa shape index (κ1) is 12.0. The molecular weight excluding hydrogens is 186 g/mol. The molecule has 0 amide bonds. The summed E-state index contributed by atoms with van der Waals surface area (Å²) in [5, 5.41) is 0. The molecular formula is C10H14ClNO. The molecule has 0 spiro atoms. The third kappa shape index (κ3) is 3.97. The maximum Gasteiger partial charge on any atom is 0.118 e. The quantitative estimate of drug-likeness (QED) is 0.809.